The van der Waals surface area contributed by atoms with Crippen LogP contribution in [0.5, 0.6) is 0 Å². The van der Waals surface area contributed by atoms with Crippen LogP contribution in [0.15, 0.2) is 0 Å². The van der Waals surface area contributed by atoms with Gasteiger partial charge in [-0.1, -0.05) is 0 Å². The standard InChI is InChI=1S/C12H18N2O5/c1-2-3-4-8-13-12(19)14-9(11(17)18)6-5-7-10(15)16/h1,9H,3-8H2,(H,15,16)(H,17,18)(H2,13,14,19)/t9-/m1/s1. The second kappa shape index (κ2) is 9.76. The molecule has 0 unspecified atom stereocenters. The van der Waals surface area contributed by atoms with Crippen LogP contribution < -0.4 is 10.6 Å². The molecule has 0 aromatic rings. The van der Waals surface area contributed by atoms with Crippen LogP contribution in [0, 0.1) is 12.3 Å². The van der Waals surface area contributed by atoms with Crippen LogP contribution >= 0.6 is 0 Å². The van der Waals surface area contributed by atoms with Gasteiger partial charge in [-0.2, -0.15) is 0 Å². The van der Waals surface area contributed by atoms with Gasteiger partial charge in [0.15, 0.2) is 0 Å². The molecule has 0 aliphatic heterocycles. The van der Waals surface area contributed by atoms with Crippen LogP contribution in [0.1, 0.15) is 32.1 Å². The minimum Gasteiger partial charge on any atom is -0.481 e. The van der Waals surface area contributed by atoms with Gasteiger partial charge < -0.3 is 20.8 Å². The Morgan fingerprint density at radius 2 is 1.89 bits per heavy atom. The second-order valence-electron chi connectivity index (χ2n) is 3.88. The van der Waals surface area contributed by atoms with Crippen molar-refractivity contribution in [1.82, 2.24) is 10.6 Å². The second-order valence-corrected chi connectivity index (χ2v) is 3.88. The van der Waals surface area contributed by atoms with Gasteiger partial charge in [0, 0.05) is 19.4 Å². The SMILES string of the molecule is C#CCCCNC(=O)N[C@H](CCCC(=O)O)C(=O)O. The van der Waals surface area contributed by atoms with Gasteiger partial charge in [-0.3, -0.25) is 4.79 Å². The third kappa shape index (κ3) is 9.47. The molecule has 7 heteroatoms. The molecule has 0 saturated heterocycles. The van der Waals surface area contributed by atoms with E-state index in [0.717, 1.165) is 0 Å². The largest absolute Gasteiger partial charge is 0.481 e. The fourth-order valence-electron chi connectivity index (χ4n) is 1.32. The highest BCUT2D eigenvalue weighted by molar-refractivity contribution is 5.82. The predicted molar refractivity (Wildman–Crippen MR) is 67.5 cm³/mol. The third-order valence-electron chi connectivity index (χ3n) is 2.27. The first kappa shape index (κ1) is 16.8. The maximum Gasteiger partial charge on any atom is 0.326 e. The number of hydrogen-bond donors (Lipinski definition) is 4. The van der Waals surface area contributed by atoms with E-state index < -0.39 is 24.0 Å². The fourth-order valence-corrected chi connectivity index (χ4v) is 1.32. The Kier molecular flexibility index (Phi) is 8.62. The Balaban J connectivity index is 3.98. The lowest BCUT2D eigenvalue weighted by Gasteiger charge is -2.14. The Labute approximate surface area is 111 Å². The number of rotatable bonds is 9. The zero-order valence-corrected chi connectivity index (χ0v) is 10.5. The van der Waals surface area contributed by atoms with Crippen molar-refractivity contribution >= 4 is 18.0 Å². The number of hydrogen-bond acceptors (Lipinski definition) is 3. The fraction of sp³-hybridized carbons (Fsp3) is 0.583. The Hall–Kier alpha value is -2.23. The van der Waals surface area contributed by atoms with Crippen LogP contribution in [-0.4, -0.2) is 40.8 Å². The number of aliphatic carboxylic acids is 2. The van der Waals surface area contributed by atoms with Crippen LogP contribution in [-0.2, 0) is 9.59 Å². The summed E-state index contributed by atoms with van der Waals surface area (Å²) in [5.41, 5.74) is 0. The molecule has 0 spiro atoms. The molecule has 0 aromatic heterocycles. The number of nitrogens with one attached hydrogen (secondary N) is 2. The highest BCUT2D eigenvalue weighted by Gasteiger charge is 2.19. The van der Waals surface area contributed by atoms with Gasteiger partial charge in [0.25, 0.3) is 0 Å². The van der Waals surface area contributed by atoms with Gasteiger partial charge >= 0.3 is 18.0 Å². The number of urea groups is 1. The van der Waals surface area contributed by atoms with Crippen molar-refractivity contribution in [3.8, 4) is 12.3 Å². The van der Waals surface area contributed by atoms with Gasteiger partial charge in [-0.25, -0.2) is 9.59 Å². The summed E-state index contributed by atoms with van der Waals surface area (Å²) >= 11 is 0. The van der Waals surface area contributed by atoms with Crippen molar-refractivity contribution in [1.29, 1.82) is 0 Å². The first-order chi connectivity index (χ1) is 8.97. The monoisotopic (exact) mass is 270 g/mol. The maximum atomic E-state index is 11.4. The van der Waals surface area contributed by atoms with Gasteiger partial charge in [-0.15, -0.1) is 12.3 Å². The zero-order valence-electron chi connectivity index (χ0n) is 10.5. The molecule has 7 nitrogen and oxygen atoms in total. The van der Waals surface area contributed by atoms with E-state index in [1.807, 2.05) is 0 Å². The van der Waals surface area contributed by atoms with E-state index in [1.165, 1.54) is 0 Å². The molecule has 0 heterocycles. The topological polar surface area (TPSA) is 116 Å². The molecule has 106 valence electrons. The summed E-state index contributed by atoms with van der Waals surface area (Å²) in [7, 11) is 0. The number of terminal acetylenes is 1. The molecule has 0 aromatic carbocycles. The number of carboxylic acid groups (broad SMARTS) is 2. The third-order valence-corrected chi connectivity index (χ3v) is 2.27. The van der Waals surface area contributed by atoms with Crippen LogP contribution in [0.25, 0.3) is 0 Å². The molecule has 0 fully saturated rings. The normalized spacial score (nSPS) is 11.1. The molecule has 0 radical (unpaired) electrons. The lowest BCUT2D eigenvalue weighted by Crippen LogP contribution is -2.46. The van der Waals surface area contributed by atoms with E-state index in [-0.39, 0.29) is 19.3 Å². The van der Waals surface area contributed by atoms with Gasteiger partial charge in [-0.05, 0) is 19.3 Å². The molecule has 0 saturated carbocycles. The molecular formula is C12H18N2O5. The number of carbonyl (C=O) groups excluding carboxylic acids is 1. The zero-order chi connectivity index (χ0) is 14.7. The first-order valence-electron chi connectivity index (χ1n) is 5.89. The van der Waals surface area contributed by atoms with Crippen molar-refractivity contribution in [2.75, 3.05) is 6.54 Å². The van der Waals surface area contributed by atoms with E-state index in [1.54, 1.807) is 0 Å². The van der Waals surface area contributed by atoms with E-state index in [4.69, 9.17) is 16.6 Å². The van der Waals surface area contributed by atoms with Crippen LogP contribution in [0.2, 0.25) is 0 Å². The summed E-state index contributed by atoms with van der Waals surface area (Å²) in [4.78, 5) is 32.5. The highest BCUT2D eigenvalue weighted by Crippen LogP contribution is 2.01. The van der Waals surface area contributed by atoms with Crippen molar-refractivity contribution in [3.63, 3.8) is 0 Å². The summed E-state index contributed by atoms with van der Waals surface area (Å²) in [6.45, 7) is 0.359. The minimum atomic E-state index is -1.19. The molecule has 2 amide bonds. The van der Waals surface area contributed by atoms with Crippen molar-refractivity contribution in [2.24, 2.45) is 0 Å². The number of carboxylic acids is 2. The quantitative estimate of drug-likeness (QED) is 0.357. The summed E-state index contributed by atoms with van der Waals surface area (Å²) < 4.78 is 0. The minimum absolute atomic E-state index is 0.0689. The molecule has 0 aliphatic rings. The van der Waals surface area contributed by atoms with Crippen LogP contribution in [0.3, 0.4) is 0 Å². The smallest absolute Gasteiger partial charge is 0.326 e. The van der Waals surface area contributed by atoms with Gasteiger partial charge in [0.1, 0.15) is 6.04 Å². The Morgan fingerprint density at radius 1 is 1.21 bits per heavy atom. The van der Waals surface area contributed by atoms with E-state index in [0.29, 0.717) is 19.4 Å². The van der Waals surface area contributed by atoms with Gasteiger partial charge in [0.05, 0.1) is 0 Å². The maximum absolute atomic E-state index is 11.4. The predicted octanol–water partition coefficient (Wildman–Crippen LogP) is 0.407. The van der Waals surface area contributed by atoms with Gasteiger partial charge in [0.2, 0.25) is 0 Å². The number of amides is 2. The molecule has 4 N–H and O–H groups in total. The molecular weight excluding hydrogens is 252 g/mol. The van der Waals surface area contributed by atoms with E-state index in [2.05, 4.69) is 16.6 Å². The molecule has 0 aliphatic carbocycles. The summed E-state index contributed by atoms with van der Waals surface area (Å²) in [6.07, 6.45) is 6.31. The van der Waals surface area contributed by atoms with Crippen molar-refractivity contribution < 1.29 is 24.6 Å². The molecule has 0 rings (SSSR count). The van der Waals surface area contributed by atoms with Crippen molar-refractivity contribution in [3.05, 3.63) is 0 Å². The van der Waals surface area contributed by atoms with E-state index >= 15 is 0 Å². The Bertz CT molecular complexity index is 362. The van der Waals surface area contributed by atoms with E-state index in [9.17, 15) is 14.4 Å². The molecule has 19 heavy (non-hydrogen) atoms. The molecule has 0 bridgehead atoms. The molecule has 1 atom stereocenters. The Morgan fingerprint density at radius 3 is 2.42 bits per heavy atom. The summed E-state index contributed by atoms with van der Waals surface area (Å²) in [5.74, 6) is 0.230. The first-order valence-corrected chi connectivity index (χ1v) is 5.89. The average molecular weight is 270 g/mol. The van der Waals surface area contributed by atoms with Crippen molar-refractivity contribution in [2.45, 2.75) is 38.1 Å². The number of carbonyl (C=O) groups is 3. The lowest BCUT2D eigenvalue weighted by atomic mass is 10.1. The highest BCUT2D eigenvalue weighted by atomic mass is 16.4. The van der Waals surface area contributed by atoms with Crippen LogP contribution in [0.4, 0.5) is 4.79 Å². The number of unbranched alkanes of at least 4 members (excludes halogenated alkanes) is 1. The summed E-state index contributed by atoms with van der Waals surface area (Å²) in [5, 5.41) is 22.1. The average Bonchev–Trinajstić information content (AvgIpc) is 2.33. The lowest BCUT2D eigenvalue weighted by molar-refractivity contribution is -0.140. The summed E-state index contributed by atoms with van der Waals surface area (Å²) in [6, 6.07) is -1.69.